The zero-order valence-electron chi connectivity index (χ0n) is 12.5. The summed E-state index contributed by atoms with van der Waals surface area (Å²) in [6.45, 7) is 13.9. The summed E-state index contributed by atoms with van der Waals surface area (Å²) < 4.78 is 0. The molecule has 1 aliphatic heterocycles. The van der Waals surface area contributed by atoms with Gasteiger partial charge in [-0.25, -0.2) is 0 Å². The van der Waals surface area contributed by atoms with E-state index >= 15 is 0 Å². The van der Waals surface area contributed by atoms with Gasteiger partial charge in [0.25, 0.3) is 0 Å². The van der Waals surface area contributed by atoms with Crippen molar-refractivity contribution in [3.63, 3.8) is 0 Å². The molecule has 100 valence electrons. The van der Waals surface area contributed by atoms with Crippen molar-refractivity contribution in [1.29, 1.82) is 0 Å². The van der Waals surface area contributed by atoms with Gasteiger partial charge in [0.15, 0.2) is 0 Å². The molecule has 1 fully saturated rings. The van der Waals surface area contributed by atoms with Gasteiger partial charge in [-0.3, -0.25) is 0 Å². The van der Waals surface area contributed by atoms with Crippen molar-refractivity contribution in [2.75, 3.05) is 13.1 Å². The van der Waals surface area contributed by atoms with Crippen LogP contribution in [0, 0.1) is 11.3 Å². The van der Waals surface area contributed by atoms with Crippen LogP contribution in [0.4, 0.5) is 0 Å². The number of rotatable bonds is 3. The Morgan fingerprint density at radius 2 is 1.67 bits per heavy atom. The van der Waals surface area contributed by atoms with Crippen LogP contribution in [0.25, 0.3) is 0 Å². The third-order valence-corrected chi connectivity index (χ3v) is 4.56. The molecule has 1 saturated heterocycles. The molecule has 1 heteroatoms. The lowest BCUT2D eigenvalue weighted by molar-refractivity contribution is 0.0995. The quantitative estimate of drug-likeness (QED) is 0.854. The van der Waals surface area contributed by atoms with Crippen LogP contribution in [0.2, 0.25) is 0 Å². The Kier molecular flexibility index (Phi) is 3.55. The number of hydrogen-bond donors (Lipinski definition) is 1. The van der Waals surface area contributed by atoms with E-state index in [0.29, 0.717) is 5.41 Å². The van der Waals surface area contributed by atoms with Gasteiger partial charge in [-0.05, 0) is 28.9 Å². The van der Waals surface area contributed by atoms with Gasteiger partial charge in [-0.1, -0.05) is 58.9 Å². The monoisotopic (exact) mass is 245 g/mol. The van der Waals surface area contributed by atoms with E-state index < -0.39 is 0 Å². The molecule has 2 rings (SSSR count). The van der Waals surface area contributed by atoms with Crippen LogP contribution in [0.5, 0.6) is 0 Å². The Hall–Kier alpha value is -0.820. The Balaban J connectivity index is 2.11. The van der Waals surface area contributed by atoms with Gasteiger partial charge < -0.3 is 5.32 Å². The fraction of sp³-hybridized carbons (Fsp3) is 0.647. The summed E-state index contributed by atoms with van der Waals surface area (Å²) in [6, 6.07) is 9.25. The van der Waals surface area contributed by atoms with Crippen LogP contribution in [0.1, 0.15) is 45.7 Å². The van der Waals surface area contributed by atoms with Crippen LogP contribution in [-0.4, -0.2) is 13.1 Å². The maximum atomic E-state index is 3.44. The van der Waals surface area contributed by atoms with Crippen LogP contribution in [0.15, 0.2) is 24.3 Å². The van der Waals surface area contributed by atoms with Crippen LogP contribution in [0.3, 0.4) is 0 Å². The van der Waals surface area contributed by atoms with Crippen molar-refractivity contribution in [1.82, 2.24) is 5.32 Å². The summed E-state index contributed by atoms with van der Waals surface area (Å²) in [5.74, 6) is 0.751. The Morgan fingerprint density at radius 1 is 1.11 bits per heavy atom. The van der Waals surface area contributed by atoms with Crippen molar-refractivity contribution < 1.29 is 0 Å². The van der Waals surface area contributed by atoms with Gasteiger partial charge in [-0.15, -0.1) is 0 Å². The number of hydrogen-bond acceptors (Lipinski definition) is 1. The van der Waals surface area contributed by atoms with Gasteiger partial charge in [-0.2, -0.15) is 0 Å². The molecule has 0 spiro atoms. The van der Waals surface area contributed by atoms with Gasteiger partial charge in [0.1, 0.15) is 0 Å². The SMILES string of the molecule is CC(C)C1(Cc2ccc(C(C)(C)C)cc2)CNC1. The minimum Gasteiger partial charge on any atom is -0.315 e. The van der Waals surface area contributed by atoms with Crippen molar-refractivity contribution in [2.24, 2.45) is 11.3 Å². The predicted molar refractivity (Wildman–Crippen MR) is 79.0 cm³/mol. The molecule has 1 aliphatic rings. The van der Waals surface area contributed by atoms with E-state index in [1.807, 2.05) is 0 Å². The molecule has 18 heavy (non-hydrogen) atoms. The largest absolute Gasteiger partial charge is 0.315 e. The maximum Gasteiger partial charge on any atom is 0.00259 e. The lowest BCUT2D eigenvalue weighted by Gasteiger charge is -2.46. The zero-order valence-corrected chi connectivity index (χ0v) is 12.5. The van der Waals surface area contributed by atoms with Crippen molar-refractivity contribution in [3.8, 4) is 0 Å². The molecule has 1 nitrogen and oxygen atoms in total. The highest BCUT2D eigenvalue weighted by atomic mass is 15.0. The normalized spacial score (nSPS) is 18.8. The average Bonchev–Trinajstić information content (AvgIpc) is 2.22. The summed E-state index contributed by atoms with van der Waals surface area (Å²) in [5, 5.41) is 3.44. The van der Waals surface area contributed by atoms with E-state index in [4.69, 9.17) is 0 Å². The lowest BCUT2D eigenvalue weighted by Crippen LogP contribution is -2.57. The minimum absolute atomic E-state index is 0.256. The van der Waals surface area contributed by atoms with Gasteiger partial charge in [0.2, 0.25) is 0 Å². The standard InChI is InChI=1S/C17H27N/c1-13(2)17(11-18-12-17)10-14-6-8-15(9-7-14)16(3,4)5/h6-9,13,18H,10-12H2,1-5H3. The molecule has 1 heterocycles. The Labute approximate surface area is 112 Å². The lowest BCUT2D eigenvalue weighted by atomic mass is 9.68. The molecule has 0 amide bonds. The van der Waals surface area contributed by atoms with E-state index in [-0.39, 0.29) is 5.41 Å². The smallest absolute Gasteiger partial charge is 0.00259 e. The molecule has 0 unspecified atom stereocenters. The molecule has 0 bridgehead atoms. The van der Waals surface area contributed by atoms with Gasteiger partial charge in [0, 0.05) is 18.5 Å². The first-order valence-corrected chi connectivity index (χ1v) is 7.14. The first-order chi connectivity index (χ1) is 8.33. The molecule has 0 aromatic heterocycles. The van der Waals surface area contributed by atoms with E-state index in [1.165, 1.54) is 30.6 Å². The summed E-state index contributed by atoms with van der Waals surface area (Å²) in [4.78, 5) is 0. The number of benzene rings is 1. The van der Waals surface area contributed by atoms with Crippen molar-refractivity contribution >= 4 is 0 Å². The predicted octanol–water partition coefficient (Wildman–Crippen LogP) is 3.77. The third-order valence-electron chi connectivity index (χ3n) is 4.56. The summed E-state index contributed by atoms with van der Waals surface area (Å²) >= 11 is 0. The highest BCUT2D eigenvalue weighted by molar-refractivity contribution is 5.28. The van der Waals surface area contributed by atoms with E-state index in [9.17, 15) is 0 Å². The molecule has 0 atom stereocenters. The molecule has 1 aromatic rings. The first-order valence-electron chi connectivity index (χ1n) is 7.14. The molecule has 0 radical (unpaired) electrons. The second-order valence-electron chi connectivity index (χ2n) is 7.24. The maximum absolute atomic E-state index is 3.44. The topological polar surface area (TPSA) is 12.0 Å². The second kappa shape index (κ2) is 4.70. The Morgan fingerprint density at radius 3 is 2.00 bits per heavy atom. The van der Waals surface area contributed by atoms with Gasteiger partial charge >= 0.3 is 0 Å². The highest BCUT2D eigenvalue weighted by Crippen LogP contribution is 2.36. The highest BCUT2D eigenvalue weighted by Gasteiger charge is 2.39. The third kappa shape index (κ3) is 2.61. The van der Waals surface area contributed by atoms with Gasteiger partial charge in [0.05, 0.1) is 0 Å². The minimum atomic E-state index is 0.256. The molecular weight excluding hydrogens is 218 g/mol. The van der Waals surface area contributed by atoms with E-state index in [2.05, 4.69) is 64.2 Å². The Bertz CT molecular complexity index is 391. The fourth-order valence-electron chi connectivity index (χ4n) is 2.71. The van der Waals surface area contributed by atoms with Crippen LogP contribution >= 0.6 is 0 Å². The molecular formula is C17H27N. The van der Waals surface area contributed by atoms with Crippen molar-refractivity contribution in [3.05, 3.63) is 35.4 Å². The number of nitrogens with one attached hydrogen (secondary N) is 1. The van der Waals surface area contributed by atoms with E-state index in [0.717, 1.165) is 5.92 Å². The van der Waals surface area contributed by atoms with Crippen LogP contribution in [-0.2, 0) is 11.8 Å². The fourth-order valence-corrected chi connectivity index (χ4v) is 2.71. The average molecular weight is 245 g/mol. The van der Waals surface area contributed by atoms with Crippen molar-refractivity contribution in [2.45, 2.75) is 46.5 Å². The molecule has 1 aromatic carbocycles. The van der Waals surface area contributed by atoms with E-state index in [1.54, 1.807) is 0 Å². The summed E-state index contributed by atoms with van der Waals surface area (Å²) in [5.41, 5.74) is 3.66. The first kappa shape index (κ1) is 13.6. The zero-order chi connectivity index (χ0) is 13.4. The molecule has 0 saturated carbocycles. The molecule has 1 N–H and O–H groups in total. The molecule has 0 aliphatic carbocycles. The van der Waals surface area contributed by atoms with Crippen LogP contribution < -0.4 is 5.32 Å². The second-order valence-corrected chi connectivity index (χ2v) is 7.24. The summed E-state index contributed by atoms with van der Waals surface area (Å²) in [6.07, 6.45) is 1.21. The summed E-state index contributed by atoms with van der Waals surface area (Å²) in [7, 11) is 0.